The summed E-state index contributed by atoms with van der Waals surface area (Å²) in [5, 5.41) is 7.27. The van der Waals surface area contributed by atoms with Crippen molar-refractivity contribution in [1.82, 2.24) is 0 Å². The van der Waals surface area contributed by atoms with Crippen molar-refractivity contribution in [3.63, 3.8) is 0 Å². The number of nitrogens with one attached hydrogen (secondary N) is 2. The Kier molecular flexibility index (Phi) is 16.5. The molecule has 0 amide bonds. The molecular formula is C31H52Br2N4+2. The van der Waals surface area contributed by atoms with Crippen molar-refractivity contribution in [2.75, 3.05) is 23.7 Å². The van der Waals surface area contributed by atoms with Crippen LogP contribution < -0.4 is 19.8 Å². The van der Waals surface area contributed by atoms with E-state index in [1.165, 1.54) is 62.7 Å². The van der Waals surface area contributed by atoms with E-state index in [0.717, 1.165) is 44.2 Å². The molecule has 0 aliphatic rings. The molecule has 0 saturated carbocycles. The number of halogens is 2. The molecule has 0 aliphatic carbocycles. The lowest BCUT2D eigenvalue weighted by Gasteiger charge is -2.16. The minimum Gasteiger partial charge on any atom is -0.384 e. The molecule has 0 spiro atoms. The number of rotatable bonds is 20. The zero-order chi connectivity index (χ0) is 26.9. The van der Waals surface area contributed by atoms with Crippen LogP contribution in [0.3, 0.4) is 0 Å². The molecule has 2 heterocycles. The van der Waals surface area contributed by atoms with E-state index in [2.05, 4.69) is 128 Å². The van der Waals surface area contributed by atoms with E-state index in [-0.39, 0.29) is 0 Å². The number of hydrogen-bond donors (Lipinski definition) is 2. The van der Waals surface area contributed by atoms with Gasteiger partial charge in [0.2, 0.25) is 9.90 Å². The van der Waals surface area contributed by atoms with Crippen LogP contribution in [0.25, 0.3) is 0 Å². The van der Waals surface area contributed by atoms with Gasteiger partial charge in [-0.25, -0.2) is 0 Å². The number of alkyl halides is 2. The van der Waals surface area contributed by atoms with Crippen LogP contribution in [0.4, 0.5) is 11.4 Å². The molecule has 2 aromatic rings. The highest BCUT2D eigenvalue weighted by Gasteiger charge is 2.18. The monoisotopic (exact) mass is 638 g/mol. The second kappa shape index (κ2) is 19.0. The molecule has 0 radical (unpaired) electrons. The number of unbranched alkanes of at least 4 members (excludes halogenated alkanes) is 2. The van der Waals surface area contributed by atoms with Gasteiger partial charge in [0.15, 0.2) is 24.8 Å². The van der Waals surface area contributed by atoms with Gasteiger partial charge in [-0.2, -0.15) is 9.13 Å². The smallest absolute Gasteiger partial charge is 0.212 e. The lowest BCUT2D eigenvalue weighted by molar-refractivity contribution is -0.701. The zero-order valence-electron chi connectivity index (χ0n) is 23.8. The van der Waals surface area contributed by atoms with Gasteiger partial charge in [0.25, 0.3) is 0 Å². The highest BCUT2D eigenvalue weighted by molar-refractivity contribution is 9.09. The lowest BCUT2D eigenvalue weighted by atomic mass is 9.99. The summed E-state index contributed by atoms with van der Waals surface area (Å²) in [6, 6.07) is 8.80. The van der Waals surface area contributed by atoms with Crippen molar-refractivity contribution in [2.24, 2.45) is 11.8 Å². The van der Waals surface area contributed by atoms with E-state index in [0.29, 0.717) is 9.90 Å². The van der Waals surface area contributed by atoms with Gasteiger partial charge in [-0.15, -0.1) is 0 Å². The van der Waals surface area contributed by atoms with Crippen molar-refractivity contribution >= 4 is 43.2 Å². The molecule has 0 bridgehead atoms. The highest BCUT2D eigenvalue weighted by atomic mass is 79.9. The maximum atomic E-state index is 3.89. The predicted octanol–water partition coefficient (Wildman–Crippen LogP) is 9.18. The quantitative estimate of drug-likeness (QED) is 0.112. The van der Waals surface area contributed by atoms with Crippen molar-refractivity contribution in [1.29, 1.82) is 0 Å². The molecule has 2 aromatic heterocycles. The van der Waals surface area contributed by atoms with E-state index in [1.807, 2.05) is 0 Å². The van der Waals surface area contributed by atoms with Crippen LogP contribution in [-0.2, 0) is 0 Å². The van der Waals surface area contributed by atoms with Crippen molar-refractivity contribution in [3.8, 4) is 0 Å². The lowest BCUT2D eigenvalue weighted by Crippen LogP contribution is -2.36. The Morgan fingerprint density at radius 1 is 0.595 bits per heavy atom. The zero-order valence-corrected chi connectivity index (χ0v) is 26.9. The Morgan fingerprint density at radius 3 is 1.30 bits per heavy atom. The van der Waals surface area contributed by atoms with Crippen LogP contribution in [0.1, 0.15) is 108 Å². The summed E-state index contributed by atoms with van der Waals surface area (Å²) >= 11 is 7.78. The van der Waals surface area contributed by atoms with E-state index in [9.17, 15) is 0 Å². The maximum absolute atomic E-state index is 3.89. The topological polar surface area (TPSA) is 31.8 Å². The molecule has 4 nitrogen and oxygen atoms in total. The molecule has 2 N–H and O–H groups in total. The summed E-state index contributed by atoms with van der Waals surface area (Å²) in [6.07, 6.45) is 22.4. The first-order chi connectivity index (χ1) is 18.0. The van der Waals surface area contributed by atoms with Gasteiger partial charge in [-0.05, 0) is 63.0 Å². The number of nitrogens with zero attached hydrogens (tertiary/aromatic N) is 2. The Balaban J connectivity index is 1.72. The predicted molar refractivity (Wildman–Crippen MR) is 167 cm³/mol. The highest BCUT2D eigenvalue weighted by Crippen LogP contribution is 2.22. The molecular weight excluding hydrogens is 588 g/mol. The SMILES string of the molecule is CCCCC(CC)CNc1cc[n+](C(Br)CCCC(Br)[n+]2ccc(NCC(CC)CCCC)cc2)cc1. The van der Waals surface area contributed by atoms with Crippen LogP contribution in [0.2, 0.25) is 0 Å². The molecule has 0 aromatic carbocycles. The van der Waals surface area contributed by atoms with Crippen molar-refractivity contribution in [3.05, 3.63) is 49.1 Å². The largest absolute Gasteiger partial charge is 0.384 e. The number of pyridine rings is 2. The first kappa shape index (κ1) is 32.1. The molecule has 4 unspecified atom stereocenters. The fourth-order valence-corrected chi connectivity index (χ4v) is 5.84. The van der Waals surface area contributed by atoms with E-state index in [1.54, 1.807) is 0 Å². The van der Waals surface area contributed by atoms with Gasteiger partial charge in [0.1, 0.15) is 0 Å². The van der Waals surface area contributed by atoms with Crippen molar-refractivity contribution in [2.45, 2.75) is 108 Å². The van der Waals surface area contributed by atoms with E-state index < -0.39 is 0 Å². The number of aromatic nitrogens is 2. The van der Waals surface area contributed by atoms with Crippen LogP contribution in [0.15, 0.2) is 49.1 Å². The Hall–Kier alpha value is -1.14. The third kappa shape index (κ3) is 12.5. The van der Waals surface area contributed by atoms with Gasteiger partial charge in [0, 0.05) is 61.6 Å². The molecule has 6 heteroatoms. The summed E-state index contributed by atoms with van der Waals surface area (Å²) in [4.78, 5) is 0.620. The van der Waals surface area contributed by atoms with Crippen molar-refractivity contribution < 1.29 is 9.13 Å². The number of hydrogen-bond acceptors (Lipinski definition) is 2. The first-order valence-corrected chi connectivity index (χ1v) is 16.6. The second-order valence-corrected chi connectivity index (χ2v) is 12.6. The fourth-order valence-electron chi connectivity index (χ4n) is 4.65. The fraction of sp³-hybridized carbons (Fsp3) is 0.677. The third-order valence-corrected chi connectivity index (χ3v) is 9.37. The summed E-state index contributed by atoms with van der Waals surface area (Å²) in [5.74, 6) is 1.53. The van der Waals surface area contributed by atoms with E-state index in [4.69, 9.17) is 0 Å². The van der Waals surface area contributed by atoms with Gasteiger partial charge < -0.3 is 10.6 Å². The maximum Gasteiger partial charge on any atom is 0.212 e. The van der Waals surface area contributed by atoms with Crippen LogP contribution in [-0.4, -0.2) is 13.1 Å². The van der Waals surface area contributed by atoms with Gasteiger partial charge in [-0.3, -0.25) is 0 Å². The summed E-state index contributed by atoms with van der Waals surface area (Å²) in [5.41, 5.74) is 2.43. The standard InChI is InChI=1S/C31H50Br2N4/c1-5-9-12-26(7-3)24-34-28-16-20-36(21-17-28)30(32)14-11-15-31(33)37-22-18-29(19-23-37)35-25-27(8-4)13-10-6-2/h16-23,26-27,30-31H,5-15,24-25H2,1-4H3/p+2. The van der Waals surface area contributed by atoms with Crippen LogP contribution in [0, 0.1) is 11.8 Å². The second-order valence-electron chi connectivity index (χ2n) is 10.5. The first-order valence-electron chi connectivity index (χ1n) is 14.8. The summed E-state index contributed by atoms with van der Waals surface area (Å²) in [7, 11) is 0. The van der Waals surface area contributed by atoms with Gasteiger partial charge in [-0.1, -0.05) is 66.2 Å². The summed E-state index contributed by atoms with van der Waals surface area (Å²) in [6.45, 7) is 11.3. The normalized spacial score (nSPS) is 14.6. The Morgan fingerprint density at radius 2 is 0.973 bits per heavy atom. The van der Waals surface area contributed by atoms with Gasteiger partial charge in [0.05, 0.1) is 0 Å². The summed E-state index contributed by atoms with van der Waals surface area (Å²) < 4.78 is 4.53. The van der Waals surface area contributed by atoms with Crippen LogP contribution in [0.5, 0.6) is 0 Å². The van der Waals surface area contributed by atoms with E-state index >= 15 is 0 Å². The Bertz CT molecular complexity index is 759. The molecule has 2 rings (SSSR count). The molecule has 0 aliphatic heterocycles. The minimum atomic E-state index is 0.310. The molecule has 0 fully saturated rings. The average molecular weight is 641 g/mol. The minimum absolute atomic E-state index is 0.310. The third-order valence-electron chi connectivity index (χ3n) is 7.51. The molecule has 37 heavy (non-hydrogen) atoms. The molecule has 0 saturated heterocycles. The Labute approximate surface area is 244 Å². The van der Waals surface area contributed by atoms with Crippen LogP contribution >= 0.6 is 31.9 Å². The van der Waals surface area contributed by atoms with Gasteiger partial charge >= 0.3 is 0 Å². The molecule has 4 atom stereocenters. The molecule has 208 valence electrons. The average Bonchev–Trinajstić information content (AvgIpc) is 2.93. The number of anilines is 2.